The Balaban J connectivity index is 2.75. The van der Waals surface area contributed by atoms with E-state index in [4.69, 9.17) is 9.47 Å². The van der Waals surface area contributed by atoms with Crippen LogP contribution in [0.3, 0.4) is 0 Å². The van der Waals surface area contributed by atoms with Crippen LogP contribution in [0.4, 0.5) is 10.1 Å². The first-order chi connectivity index (χ1) is 8.19. The number of hydrogen-bond acceptors (Lipinski definition) is 3. The molecule has 1 rings (SSSR count). The number of halogens is 2. The Labute approximate surface area is 110 Å². The molecule has 1 aromatic rings. The molecule has 0 aliphatic carbocycles. The van der Waals surface area contributed by atoms with Gasteiger partial charge in [0.2, 0.25) is 0 Å². The maximum atomic E-state index is 13.4. The molecule has 0 heterocycles. The molecule has 0 aromatic heterocycles. The lowest BCUT2D eigenvalue weighted by atomic mass is 10.2. The second-order valence-corrected chi connectivity index (χ2v) is 4.43. The predicted molar refractivity (Wildman–Crippen MR) is 70.1 cm³/mol. The third-order valence-electron chi connectivity index (χ3n) is 2.40. The fraction of sp³-hybridized carbons (Fsp3) is 0.500. The normalized spacial score (nSPS) is 10.6. The summed E-state index contributed by atoms with van der Waals surface area (Å²) in [7, 11) is 3.30. The molecular weight excluding hydrogens is 289 g/mol. The average Bonchev–Trinajstić information content (AvgIpc) is 2.33. The van der Waals surface area contributed by atoms with E-state index >= 15 is 0 Å². The summed E-state index contributed by atoms with van der Waals surface area (Å²) in [6.45, 7) is 2.62. The smallest absolute Gasteiger partial charge is 0.139 e. The Kier molecular flexibility index (Phi) is 6.47. The van der Waals surface area contributed by atoms with Crippen LogP contribution < -0.4 is 4.90 Å². The van der Waals surface area contributed by atoms with Crippen LogP contribution in [0.5, 0.6) is 0 Å². The van der Waals surface area contributed by atoms with Crippen LogP contribution in [0.15, 0.2) is 22.7 Å². The van der Waals surface area contributed by atoms with Gasteiger partial charge in [0.15, 0.2) is 0 Å². The molecule has 0 aliphatic heterocycles. The first-order valence-corrected chi connectivity index (χ1v) is 6.16. The summed E-state index contributed by atoms with van der Waals surface area (Å²) in [5.74, 6) is -0.262. The third-order valence-corrected chi connectivity index (χ3v) is 3.04. The summed E-state index contributed by atoms with van der Waals surface area (Å²) >= 11 is 3.14. The monoisotopic (exact) mass is 305 g/mol. The highest BCUT2D eigenvalue weighted by molar-refractivity contribution is 9.10. The van der Waals surface area contributed by atoms with Gasteiger partial charge in [-0.2, -0.15) is 0 Å². The van der Waals surface area contributed by atoms with Crippen LogP contribution in [-0.4, -0.2) is 40.5 Å². The van der Waals surface area contributed by atoms with Gasteiger partial charge in [0.05, 0.1) is 17.7 Å². The van der Waals surface area contributed by atoms with Gasteiger partial charge in [-0.15, -0.1) is 0 Å². The molecule has 0 fully saturated rings. The average molecular weight is 306 g/mol. The quantitative estimate of drug-likeness (QED) is 0.773. The van der Waals surface area contributed by atoms with Crippen LogP contribution in [0, 0.1) is 5.82 Å². The second-order valence-electron chi connectivity index (χ2n) is 3.57. The van der Waals surface area contributed by atoms with Crippen molar-refractivity contribution in [2.45, 2.75) is 0 Å². The fourth-order valence-corrected chi connectivity index (χ4v) is 1.70. The van der Waals surface area contributed by atoms with E-state index in [-0.39, 0.29) is 5.82 Å². The minimum atomic E-state index is -0.262. The summed E-state index contributed by atoms with van der Waals surface area (Å²) in [4.78, 5) is 2.03. The molecule has 1 aromatic carbocycles. The van der Waals surface area contributed by atoms with Gasteiger partial charge in [-0.3, -0.25) is 0 Å². The van der Waals surface area contributed by atoms with Crippen molar-refractivity contribution in [1.82, 2.24) is 0 Å². The predicted octanol–water partition coefficient (Wildman–Crippen LogP) is 2.69. The van der Waals surface area contributed by atoms with Crippen LogP contribution >= 0.6 is 15.9 Å². The van der Waals surface area contributed by atoms with Gasteiger partial charge in [0.1, 0.15) is 5.82 Å². The van der Waals surface area contributed by atoms with Crippen LogP contribution in [0.2, 0.25) is 0 Å². The SMILES string of the molecule is COCCN(CCOC)c1ccc(Br)c(F)c1. The van der Waals surface area contributed by atoms with E-state index in [9.17, 15) is 4.39 Å². The van der Waals surface area contributed by atoms with Crippen molar-refractivity contribution in [2.75, 3.05) is 45.4 Å². The van der Waals surface area contributed by atoms with Crippen LogP contribution in [-0.2, 0) is 9.47 Å². The minimum Gasteiger partial charge on any atom is -0.383 e. The summed E-state index contributed by atoms with van der Waals surface area (Å²) < 4.78 is 24.0. The Morgan fingerprint density at radius 1 is 1.18 bits per heavy atom. The van der Waals surface area contributed by atoms with E-state index < -0.39 is 0 Å². The first kappa shape index (κ1) is 14.4. The molecule has 17 heavy (non-hydrogen) atoms. The number of nitrogens with zero attached hydrogens (tertiary/aromatic N) is 1. The van der Waals surface area contributed by atoms with Crippen molar-refractivity contribution in [2.24, 2.45) is 0 Å². The van der Waals surface area contributed by atoms with Crippen molar-refractivity contribution in [1.29, 1.82) is 0 Å². The Hall–Kier alpha value is -0.650. The van der Waals surface area contributed by atoms with E-state index in [1.54, 1.807) is 20.3 Å². The summed E-state index contributed by atoms with van der Waals surface area (Å²) in [6.07, 6.45) is 0. The molecule has 0 aliphatic rings. The minimum absolute atomic E-state index is 0.262. The zero-order chi connectivity index (χ0) is 12.7. The molecule has 3 nitrogen and oxygen atoms in total. The van der Waals surface area contributed by atoms with Crippen molar-refractivity contribution >= 4 is 21.6 Å². The number of ether oxygens (including phenoxy) is 2. The molecule has 96 valence electrons. The third kappa shape index (κ3) is 4.61. The van der Waals surface area contributed by atoms with Crippen LogP contribution in [0.1, 0.15) is 0 Å². The molecule has 0 unspecified atom stereocenters. The Morgan fingerprint density at radius 2 is 1.76 bits per heavy atom. The molecule has 0 bridgehead atoms. The van der Waals surface area contributed by atoms with Gasteiger partial charge < -0.3 is 14.4 Å². The van der Waals surface area contributed by atoms with Crippen molar-refractivity contribution < 1.29 is 13.9 Å². The fourth-order valence-electron chi connectivity index (χ4n) is 1.45. The number of rotatable bonds is 7. The highest BCUT2D eigenvalue weighted by Gasteiger charge is 2.08. The van der Waals surface area contributed by atoms with Gasteiger partial charge in [0.25, 0.3) is 0 Å². The molecule has 0 atom stereocenters. The number of hydrogen-bond donors (Lipinski definition) is 0. The molecule has 0 radical (unpaired) electrons. The van der Waals surface area contributed by atoms with Gasteiger partial charge in [-0.1, -0.05) is 0 Å². The molecule has 0 N–H and O–H groups in total. The lowest BCUT2D eigenvalue weighted by molar-refractivity contribution is 0.190. The molecule has 0 saturated carbocycles. The van der Waals surface area contributed by atoms with E-state index in [2.05, 4.69) is 15.9 Å². The Morgan fingerprint density at radius 3 is 2.24 bits per heavy atom. The van der Waals surface area contributed by atoms with Gasteiger partial charge in [0, 0.05) is 33.0 Å². The van der Waals surface area contributed by atoms with Gasteiger partial charge in [-0.25, -0.2) is 4.39 Å². The lowest BCUT2D eigenvalue weighted by Crippen LogP contribution is -2.30. The lowest BCUT2D eigenvalue weighted by Gasteiger charge is -2.24. The zero-order valence-electron chi connectivity index (χ0n) is 10.1. The summed E-state index contributed by atoms with van der Waals surface area (Å²) in [5.41, 5.74) is 0.833. The van der Waals surface area contributed by atoms with Crippen molar-refractivity contribution in [3.63, 3.8) is 0 Å². The summed E-state index contributed by atoms with van der Waals surface area (Å²) in [6, 6.07) is 5.09. The van der Waals surface area contributed by atoms with Gasteiger partial charge >= 0.3 is 0 Å². The topological polar surface area (TPSA) is 21.7 Å². The van der Waals surface area contributed by atoms with E-state index in [0.29, 0.717) is 30.8 Å². The summed E-state index contributed by atoms with van der Waals surface area (Å²) in [5, 5.41) is 0. The van der Waals surface area contributed by atoms with Crippen molar-refractivity contribution in [3.05, 3.63) is 28.5 Å². The number of methoxy groups -OCH3 is 2. The second kappa shape index (κ2) is 7.63. The van der Waals surface area contributed by atoms with Crippen LogP contribution in [0.25, 0.3) is 0 Å². The maximum absolute atomic E-state index is 13.4. The maximum Gasteiger partial charge on any atom is 0.139 e. The highest BCUT2D eigenvalue weighted by Crippen LogP contribution is 2.22. The number of anilines is 1. The molecular formula is C12H17BrFNO2. The highest BCUT2D eigenvalue weighted by atomic mass is 79.9. The molecule has 5 heteroatoms. The zero-order valence-corrected chi connectivity index (χ0v) is 11.7. The standard InChI is InChI=1S/C12H17BrFNO2/c1-16-7-5-15(6-8-17-2)10-3-4-11(13)12(14)9-10/h3-4,9H,5-8H2,1-2H3. The molecule has 0 amide bonds. The molecule has 0 spiro atoms. The molecule has 0 saturated heterocycles. The Bertz CT molecular complexity index is 341. The van der Waals surface area contributed by atoms with E-state index in [1.165, 1.54) is 6.07 Å². The van der Waals surface area contributed by atoms with E-state index in [1.807, 2.05) is 11.0 Å². The number of benzene rings is 1. The largest absolute Gasteiger partial charge is 0.383 e. The van der Waals surface area contributed by atoms with Gasteiger partial charge in [-0.05, 0) is 34.1 Å². The van der Waals surface area contributed by atoms with E-state index in [0.717, 1.165) is 5.69 Å². The van der Waals surface area contributed by atoms with Crippen molar-refractivity contribution in [3.8, 4) is 0 Å². The first-order valence-electron chi connectivity index (χ1n) is 5.37.